The number of sulfonamides is 1. The first-order valence-corrected chi connectivity index (χ1v) is 11.0. The van der Waals surface area contributed by atoms with Crippen LogP contribution in [0.3, 0.4) is 0 Å². The van der Waals surface area contributed by atoms with Crippen LogP contribution in [0.4, 0.5) is 19.0 Å². The molecule has 1 saturated heterocycles. The molecular weight excluding hydrogens is 421 g/mol. The first-order chi connectivity index (χ1) is 14.0. The average Bonchev–Trinajstić information content (AvgIpc) is 3.16. The van der Waals surface area contributed by atoms with Crippen molar-refractivity contribution >= 4 is 21.7 Å². The second-order valence-corrected chi connectivity index (χ2v) is 9.32. The Morgan fingerprint density at radius 2 is 1.80 bits per heavy atom. The van der Waals surface area contributed by atoms with Crippen molar-refractivity contribution in [2.45, 2.75) is 43.8 Å². The molecule has 0 spiro atoms. The summed E-state index contributed by atoms with van der Waals surface area (Å²) in [5.41, 5.74) is -1.19. The first kappa shape index (κ1) is 22.3. The van der Waals surface area contributed by atoms with Crippen LogP contribution in [0.5, 0.6) is 0 Å². The summed E-state index contributed by atoms with van der Waals surface area (Å²) in [6.45, 7) is 3.78. The highest BCUT2D eigenvalue weighted by Gasteiger charge is 2.40. The fourth-order valence-corrected chi connectivity index (χ4v) is 5.16. The zero-order valence-corrected chi connectivity index (χ0v) is 17.4. The van der Waals surface area contributed by atoms with Gasteiger partial charge in [0.15, 0.2) is 0 Å². The van der Waals surface area contributed by atoms with Gasteiger partial charge in [-0.1, -0.05) is 12.1 Å². The van der Waals surface area contributed by atoms with Gasteiger partial charge in [-0.05, 0) is 38.8 Å². The van der Waals surface area contributed by atoms with Crippen molar-refractivity contribution in [1.29, 1.82) is 0 Å². The van der Waals surface area contributed by atoms with Crippen LogP contribution in [0, 0.1) is 5.92 Å². The minimum atomic E-state index is -4.78. The maximum Gasteiger partial charge on any atom is 0.417 e. The molecule has 0 radical (unpaired) electrons. The van der Waals surface area contributed by atoms with E-state index in [9.17, 15) is 26.4 Å². The summed E-state index contributed by atoms with van der Waals surface area (Å²) in [5.74, 6) is -0.154. The molecule has 1 aromatic carbocycles. The summed E-state index contributed by atoms with van der Waals surface area (Å²) < 4.78 is 68.0. The fourth-order valence-electron chi connectivity index (χ4n) is 3.48. The Kier molecular flexibility index (Phi) is 6.23. The Hall–Kier alpha value is -2.40. The predicted octanol–water partition coefficient (Wildman–Crippen LogP) is 3.52. The molecule has 1 amide bonds. The molecule has 2 heterocycles. The molecule has 0 saturated carbocycles. The molecule has 1 aliphatic rings. The number of piperidine rings is 1. The number of rotatable bonds is 5. The van der Waals surface area contributed by atoms with E-state index in [1.807, 2.05) is 13.8 Å². The van der Waals surface area contributed by atoms with Crippen molar-refractivity contribution in [3.63, 3.8) is 0 Å². The topological polar surface area (TPSA) is 84.3 Å². The zero-order valence-electron chi connectivity index (χ0n) is 16.6. The van der Waals surface area contributed by atoms with E-state index in [4.69, 9.17) is 0 Å². The summed E-state index contributed by atoms with van der Waals surface area (Å²) in [6.07, 6.45) is -2.77. The summed E-state index contributed by atoms with van der Waals surface area (Å²) >= 11 is 0. The monoisotopic (exact) mass is 444 g/mol. The van der Waals surface area contributed by atoms with Crippen LogP contribution in [0.2, 0.25) is 0 Å². The molecule has 1 aromatic heterocycles. The largest absolute Gasteiger partial charge is 0.417 e. The fraction of sp³-hybridized carbons (Fsp3) is 0.474. The highest BCUT2D eigenvalue weighted by atomic mass is 32.2. The molecule has 3 rings (SSSR count). The van der Waals surface area contributed by atoms with Crippen LogP contribution >= 0.6 is 0 Å². The van der Waals surface area contributed by atoms with Gasteiger partial charge in [0.25, 0.3) is 0 Å². The summed E-state index contributed by atoms with van der Waals surface area (Å²) in [7, 11) is -4.33. The Bertz CT molecular complexity index is 1010. The number of aromatic nitrogens is 2. The number of carbonyl (C=O) groups is 1. The molecule has 0 unspecified atom stereocenters. The summed E-state index contributed by atoms with van der Waals surface area (Å²) in [4.78, 5) is 11.8. The lowest BCUT2D eigenvalue weighted by atomic mass is 9.97. The molecule has 11 heteroatoms. The Labute approximate surface area is 172 Å². The third kappa shape index (κ3) is 4.51. The number of nitrogens with one attached hydrogen (secondary N) is 1. The van der Waals surface area contributed by atoms with Gasteiger partial charge in [-0.25, -0.2) is 13.1 Å². The molecule has 1 fully saturated rings. The average molecular weight is 444 g/mol. The number of hydrogen-bond acceptors (Lipinski definition) is 4. The molecule has 30 heavy (non-hydrogen) atoms. The van der Waals surface area contributed by atoms with Crippen molar-refractivity contribution in [2.75, 3.05) is 18.4 Å². The first-order valence-electron chi connectivity index (χ1n) is 9.52. The van der Waals surface area contributed by atoms with Crippen LogP contribution < -0.4 is 5.32 Å². The second-order valence-electron chi connectivity index (χ2n) is 7.42. The Morgan fingerprint density at radius 1 is 1.17 bits per heavy atom. The molecule has 0 atom stereocenters. The minimum absolute atomic E-state index is 0.0317. The third-order valence-corrected chi connectivity index (χ3v) is 7.00. The van der Waals surface area contributed by atoms with Crippen LogP contribution in [-0.4, -0.2) is 41.5 Å². The number of carbonyl (C=O) groups excluding carboxylic acids is 1. The number of amides is 1. The van der Waals surface area contributed by atoms with Gasteiger partial charge < -0.3 is 5.32 Å². The van der Waals surface area contributed by atoms with E-state index in [1.165, 1.54) is 6.07 Å². The minimum Gasteiger partial charge on any atom is -0.311 e. The van der Waals surface area contributed by atoms with Crippen molar-refractivity contribution < 1.29 is 26.4 Å². The van der Waals surface area contributed by atoms with Crippen LogP contribution in [-0.2, 0) is 21.0 Å². The standard InChI is InChI=1S/C19H23F3N4O3S/c1-13(2)26-17(7-10-23-26)24-18(27)14-8-11-25(12-9-14)30(28,29)16-6-4-3-5-15(16)19(20,21)22/h3-7,10,13-14H,8-9,11-12H2,1-2H3,(H,24,27). The number of hydrogen-bond donors (Lipinski definition) is 1. The lowest BCUT2D eigenvalue weighted by Gasteiger charge is -2.31. The van der Waals surface area contributed by atoms with E-state index in [1.54, 1.807) is 16.9 Å². The van der Waals surface area contributed by atoms with Gasteiger partial charge in [0.1, 0.15) is 5.82 Å². The van der Waals surface area contributed by atoms with Gasteiger partial charge in [0.05, 0.1) is 16.7 Å². The van der Waals surface area contributed by atoms with Gasteiger partial charge in [0.2, 0.25) is 15.9 Å². The van der Waals surface area contributed by atoms with Crippen LogP contribution in [0.1, 0.15) is 38.3 Å². The summed E-state index contributed by atoms with van der Waals surface area (Å²) in [6, 6.07) is 5.86. The van der Waals surface area contributed by atoms with E-state index in [0.717, 1.165) is 22.5 Å². The lowest BCUT2D eigenvalue weighted by molar-refractivity contribution is -0.139. The van der Waals surface area contributed by atoms with E-state index < -0.39 is 32.6 Å². The van der Waals surface area contributed by atoms with E-state index in [0.29, 0.717) is 5.82 Å². The number of benzene rings is 1. The highest BCUT2D eigenvalue weighted by molar-refractivity contribution is 7.89. The molecule has 0 aliphatic carbocycles. The predicted molar refractivity (Wildman–Crippen MR) is 104 cm³/mol. The quantitative estimate of drug-likeness (QED) is 0.765. The van der Waals surface area contributed by atoms with Gasteiger partial charge in [0, 0.05) is 31.1 Å². The maximum absolute atomic E-state index is 13.2. The van der Waals surface area contributed by atoms with E-state index in [-0.39, 0.29) is 37.9 Å². The zero-order chi connectivity index (χ0) is 22.1. The lowest BCUT2D eigenvalue weighted by Crippen LogP contribution is -2.42. The molecule has 1 aliphatic heterocycles. The van der Waals surface area contributed by atoms with Crippen molar-refractivity contribution in [1.82, 2.24) is 14.1 Å². The van der Waals surface area contributed by atoms with Gasteiger partial charge >= 0.3 is 6.18 Å². The number of anilines is 1. The van der Waals surface area contributed by atoms with Gasteiger partial charge in [-0.3, -0.25) is 4.79 Å². The normalized spacial score (nSPS) is 16.7. The smallest absolute Gasteiger partial charge is 0.311 e. The van der Waals surface area contributed by atoms with E-state index >= 15 is 0 Å². The van der Waals surface area contributed by atoms with Gasteiger partial charge in [-0.15, -0.1) is 0 Å². The summed E-state index contributed by atoms with van der Waals surface area (Å²) in [5, 5.41) is 6.94. The van der Waals surface area contributed by atoms with Crippen molar-refractivity contribution in [3.05, 3.63) is 42.1 Å². The van der Waals surface area contributed by atoms with Gasteiger partial charge in [-0.2, -0.15) is 22.6 Å². The second kappa shape index (κ2) is 8.38. The molecule has 7 nitrogen and oxygen atoms in total. The number of nitrogens with zero attached hydrogens (tertiary/aromatic N) is 3. The molecule has 0 bridgehead atoms. The maximum atomic E-state index is 13.2. The molecule has 1 N–H and O–H groups in total. The van der Waals surface area contributed by atoms with Crippen LogP contribution in [0.25, 0.3) is 0 Å². The van der Waals surface area contributed by atoms with Crippen LogP contribution in [0.15, 0.2) is 41.4 Å². The van der Waals surface area contributed by atoms with E-state index in [2.05, 4.69) is 10.4 Å². The third-order valence-electron chi connectivity index (χ3n) is 5.05. The molecule has 2 aromatic rings. The Morgan fingerprint density at radius 3 is 2.40 bits per heavy atom. The Balaban J connectivity index is 1.70. The molecular formula is C19H23F3N4O3S. The van der Waals surface area contributed by atoms with Crippen molar-refractivity contribution in [2.24, 2.45) is 5.92 Å². The number of alkyl halides is 3. The van der Waals surface area contributed by atoms with Crippen molar-refractivity contribution in [3.8, 4) is 0 Å². The molecule has 164 valence electrons. The highest BCUT2D eigenvalue weighted by Crippen LogP contribution is 2.36. The SMILES string of the molecule is CC(C)n1nccc1NC(=O)C1CCN(S(=O)(=O)c2ccccc2C(F)(F)F)CC1. The number of halogens is 3.